The van der Waals surface area contributed by atoms with Gasteiger partial charge in [-0.05, 0) is 39.5 Å². The van der Waals surface area contributed by atoms with Crippen LogP contribution in [0.4, 0.5) is 15.8 Å². The number of piperidine rings is 1. The van der Waals surface area contributed by atoms with E-state index in [4.69, 9.17) is 10.5 Å². The van der Waals surface area contributed by atoms with Crippen molar-refractivity contribution in [2.45, 2.75) is 52.7 Å². The number of hydrogen-bond donors (Lipinski definition) is 1. The summed E-state index contributed by atoms with van der Waals surface area (Å²) >= 11 is 0. The molecule has 4 heteroatoms. The third-order valence-electron chi connectivity index (χ3n) is 3.89. The summed E-state index contributed by atoms with van der Waals surface area (Å²) in [7, 11) is 0. The van der Waals surface area contributed by atoms with Crippen molar-refractivity contribution in [3.8, 4) is 5.75 Å². The van der Waals surface area contributed by atoms with Crippen molar-refractivity contribution in [2.24, 2.45) is 5.92 Å². The van der Waals surface area contributed by atoms with Crippen molar-refractivity contribution in [2.75, 3.05) is 17.2 Å². The van der Waals surface area contributed by atoms with Gasteiger partial charge in [-0.1, -0.05) is 6.92 Å². The summed E-state index contributed by atoms with van der Waals surface area (Å²) in [5.41, 5.74) is 7.39. The molecule has 20 heavy (non-hydrogen) atoms. The molecular formula is C16H25FN2O. The SMILES string of the molecule is CC1CCN(c2cc(OC(C)C)c(F)cc2N)C(C)C1. The topological polar surface area (TPSA) is 38.5 Å². The Bertz CT molecular complexity index is 476. The molecule has 1 aromatic carbocycles. The van der Waals surface area contributed by atoms with E-state index in [9.17, 15) is 4.39 Å². The van der Waals surface area contributed by atoms with E-state index in [1.165, 1.54) is 6.07 Å². The summed E-state index contributed by atoms with van der Waals surface area (Å²) in [4.78, 5) is 2.27. The number of benzene rings is 1. The third-order valence-corrected chi connectivity index (χ3v) is 3.89. The van der Waals surface area contributed by atoms with Crippen LogP contribution in [0, 0.1) is 11.7 Å². The van der Waals surface area contributed by atoms with E-state index in [1.807, 2.05) is 13.8 Å². The lowest BCUT2D eigenvalue weighted by molar-refractivity contribution is 0.231. The number of hydrogen-bond acceptors (Lipinski definition) is 3. The molecule has 0 aliphatic carbocycles. The lowest BCUT2D eigenvalue weighted by Crippen LogP contribution is -2.40. The van der Waals surface area contributed by atoms with E-state index < -0.39 is 5.82 Å². The molecule has 0 aromatic heterocycles. The molecule has 0 saturated carbocycles. The van der Waals surface area contributed by atoms with Crippen LogP contribution in [-0.4, -0.2) is 18.7 Å². The van der Waals surface area contributed by atoms with Crippen LogP contribution in [0.5, 0.6) is 5.75 Å². The van der Waals surface area contributed by atoms with Crippen LogP contribution in [0.2, 0.25) is 0 Å². The van der Waals surface area contributed by atoms with Crippen LogP contribution in [0.15, 0.2) is 12.1 Å². The first-order valence-corrected chi connectivity index (χ1v) is 7.40. The van der Waals surface area contributed by atoms with Gasteiger partial charge in [0.05, 0.1) is 17.5 Å². The monoisotopic (exact) mass is 280 g/mol. The average molecular weight is 280 g/mol. The lowest BCUT2D eigenvalue weighted by atomic mass is 9.93. The molecule has 0 bridgehead atoms. The molecule has 1 aromatic rings. The summed E-state index contributed by atoms with van der Waals surface area (Å²) < 4.78 is 19.4. The highest BCUT2D eigenvalue weighted by atomic mass is 19.1. The fourth-order valence-corrected chi connectivity index (χ4v) is 2.92. The predicted molar refractivity (Wildman–Crippen MR) is 81.8 cm³/mol. The second-order valence-corrected chi connectivity index (χ2v) is 6.18. The maximum Gasteiger partial charge on any atom is 0.167 e. The van der Waals surface area contributed by atoms with Crippen molar-refractivity contribution in [3.05, 3.63) is 17.9 Å². The lowest BCUT2D eigenvalue weighted by Gasteiger charge is -2.39. The Labute approximate surface area is 120 Å². The molecule has 1 fully saturated rings. The van der Waals surface area contributed by atoms with Gasteiger partial charge in [0.15, 0.2) is 11.6 Å². The average Bonchev–Trinajstić information content (AvgIpc) is 2.33. The Hall–Kier alpha value is -1.45. The first-order chi connectivity index (χ1) is 9.38. The van der Waals surface area contributed by atoms with E-state index in [0.29, 0.717) is 11.7 Å². The highest BCUT2D eigenvalue weighted by molar-refractivity contribution is 5.70. The first kappa shape index (κ1) is 14.9. The fraction of sp³-hybridized carbons (Fsp3) is 0.625. The van der Waals surface area contributed by atoms with Gasteiger partial charge in [-0.15, -0.1) is 0 Å². The molecule has 2 atom stereocenters. The fourth-order valence-electron chi connectivity index (χ4n) is 2.92. The summed E-state index contributed by atoms with van der Waals surface area (Å²) in [5.74, 6) is 0.627. The van der Waals surface area contributed by atoms with Crippen LogP contribution in [0.1, 0.15) is 40.5 Å². The Morgan fingerprint density at radius 2 is 2.05 bits per heavy atom. The molecule has 0 spiro atoms. The third kappa shape index (κ3) is 3.17. The molecule has 112 valence electrons. The highest BCUT2D eigenvalue weighted by Crippen LogP contribution is 2.36. The quantitative estimate of drug-likeness (QED) is 0.855. The molecular weight excluding hydrogens is 255 g/mol. The van der Waals surface area contributed by atoms with E-state index in [1.54, 1.807) is 6.07 Å². The normalized spacial score (nSPS) is 23.2. The number of nitrogens with two attached hydrogens (primary N) is 1. The van der Waals surface area contributed by atoms with Gasteiger partial charge in [0, 0.05) is 24.7 Å². The smallest absolute Gasteiger partial charge is 0.167 e. The van der Waals surface area contributed by atoms with Crippen molar-refractivity contribution in [1.29, 1.82) is 0 Å². The van der Waals surface area contributed by atoms with Crippen LogP contribution in [-0.2, 0) is 0 Å². The Morgan fingerprint density at radius 3 is 2.65 bits per heavy atom. The summed E-state index contributed by atoms with van der Waals surface area (Å²) in [6, 6.07) is 3.54. The Balaban J connectivity index is 2.31. The molecule has 2 rings (SSSR count). The minimum Gasteiger partial charge on any atom is -0.488 e. The number of rotatable bonds is 3. The second kappa shape index (κ2) is 5.90. The van der Waals surface area contributed by atoms with Crippen LogP contribution >= 0.6 is 0 Å². The number of halogens is 1. The molecule has 3 nitrogen and oxygen atoms in total. The Morgan fingerprint density at radius 1 is 1.35 bits per heavy atom. The molecule has 1 aliphatic heterocycles. The molecule has 1 saturated heterocycles. The standard InChI is InChI=1S/C16H25FN2O/c1-10(2)20-16-9-15(14(18)8-13(16)17)19-6-5-11(3)7-12(19)4/h8-12H,5-7,18H2,1-4H3. The van der Waals surface area contributed by atoms with E-state index >= 15 is 0 Å². The molecule has 2 N–H and O–H groups in total. The Kier molecular flexibility index (Phi) is 4.41. The van der Waals surface area contributed by atoms with Gasteiger partial charge in [0.1, 0.15) is 0 Å². The minimum absolute atomic E-state index is 0.0558. The summed E-state index contributed by atoms with van der Waals surface area (Å²) in [6.07, 6.45) is 2.22. The first-order valence-electron chi connectivity index (χ1n) is 7.40. The maximum atomic E-state index is 13.9. The number of nitrogen functional groups attached to an aromatic ring is 1. The van der Waals surface area contributed by atoms with Crippen molar-refractivity contribution < 1.29 is 9.13 Å². The van der Waals surface area contributed by atoms with Crippen LogP contribution < -0.4 is 15.4 Å². The van der Waals surface area contributed by atoms with Crippen molar-refractivity contribution >= 4 is 11.4 Å². The zero-order valence-corrected chi connectivity index (χ0v) is 12.8. The van der Waals surface area contributed by atoms with Crippen LogP contribution in [0.3, 0.4) is 0 Å². The molecule has 0 radical (unpaired) electrons. The van der Waals surface area contributed by atoms with Crippen LogP contribution in [0.25, 0.3) is 0 Å². The van der Waals surface area contributed by atoms with E-state index in [-0.39, 0.29) is 11.9 Å². The van der Waals surface area contributed by atoms with Gasteiger partial charge >= 0.3 is 0 Å². The number of ether oxygens (including phenoxy) is 1. The number of anilines is 2. The second-order valence-electron chi connectivity index (χ2n) is 6.18. The summed E-state index contributed by atoms with van der Waals surface area (Å²) in [6.45, 7) is 9.21. The molecule has 1 aliphatic rings. The van der Waals surface area contributed by atoms with Gasteiger partial charge in [-0.2, -0.15) is 0 Å². The van der Waals surface area contributed by atoms with Gasteiger partial charge in [-0.25, -0.2) is 4.39 Å². The largest absolute Gasteiger partial charge is 0.488 e. The van der Waals surface area contributed by atoms with Gasteiger partial charge in [-0.3, -0.25) is 0 Å². The van der Waals surface area contributed by atoms with Crippen molar-refractivity contribution in [3.63, 3.8) is 0 Å². The zero-order chi connectivity index (χ0) is 14.9. The van der Waals surface area contributed by atoms with Gasteiger partial charge in [0.2, 0.25) is 0 Å². The van der Waals surface area contributed by atoms with Gasteiger partial charge < -0.3 is 15.4 Å². The highest BCUT2D eigenvalue weighted by Gasteiger charge is 2.25. The van der Waals surface area contributed by atoms with Gasteiger partial charge in [0.25, 0.3) is 0 Å². The maximum absolute atomic E-state index is 13.9. The predicted octanol–water partition coefficient (Wildman–Crippen LogP) is 3.82. The summed E-state index contributed by atoms with van der Waals surface area (Å²) in [5, 5.41) is 0. The molecule has 2 unspecified atom stereocenters. The van der Waals surface area contributed by atoms with E-state index in [2.05, 4.69) is 18.7 Å². The molecule has 0 amide bonds. The van der Waals surface area contributed by atoms with Crippen molar-refractivity contribution in [1.82, 2.24) is 0 Å². The zero-order valence-electron chi connectivity index (χ0n) is 12.8. The molecule has 1 heterocycles. The number of nitrogens with zero attached hydrogens (tertiary/aromatic N) is 1. The van der Waals surface area contributed by atoms with E-state index in [0.717, 1.165) is 31.0 Å². The minimum atomic E-state index is -0.391.